The lowest BCUT2D eigenvalue weighted by Gasteiger charge is -2.30. The summed E-state index contributed by atoms with van der Waals surface area (Å²) in [6, 6.07) is 9.41. The average molecular weight is 377 g/mol. The number of likely N-dealkylation sites (tertiary alicyclic amines) is 1. The van der Waals surface area contributed by atoms with E-state index in [1.807, 2.05) is 18.2 Å². The molecule has 1 aromatic carbocycles. The zero-order valence-corrected chi connectivity index (χ0v) is 15.0. The molecule has 1 saturated heterocycles. The van der Waals surface area contributed by atoms with Crippen LogP contribution in [0.4, 0.5) is 11.5 Å². The third-order valence-corrected chi connectivity index (χ3v) is 4.84. The van der Waals surface area contributed by atoms with Crippen LogP contribution in [-0.4, -0.2) is 39.1 Å². The summed E-state index contributed by atoms with van der Waals surface area (Å²) >= 11 is 6.09. The summed E-state index contributed by atoms with van der Waals surface area (Å²) in [6.45, 7) is 3.13. The van der Waals surface area contributed by atoms with Crippen molar-refractivity contribution in [3.63, 3.8) is 0 Å². The zero-order valence-electron chi connectivity index (χ0n) is 14.3. The minimum Gasteiger partial charge on any atom is -0.393 e. The number of hydrogen-bond acceptors (Lipinski definition) is 6. The van der Waals surface area contributed by atoms with Gasteiger partial charge in [0.1, 0.15) is 12.0 Å². The number of anilines is 1. The minimum atomic E-state index is -0.520. The van der Waals surface area contributed by atoms with Gasteiger partial charge in [0.2, 0.25) is 0 Å². The number of nitrogens with zero attached hydrogens (tertiary/aromatic N) is 3. The number of benzene rings is 1. The van der Waals surface area contributed by atoms with Gasteiger partial charge in [-0.15, -0.1) is 0 Å². The topological polar surface area (TPSA) is 91.5 Å². The predicted molar refractivity (Wildman–Crippen MR) is 100 cm³/mol. The minimum absolute atomic E-state index is 0.131. The Morgan fingerprint density at radius 2 is 2.00 bits per heavy atom. The molecule has 0 amide bonds. The molecule has 0 aliphatic carbocycles. The van der Waals surface area contributed by atoms with E-state index in [0.29, 0.717) is 12.4 Å². The fraction of sp³-hybridized carbons (Fsp3) is 0.389. The Morgan fingerprint density at radius 3 is 2.65 bits per heavy atom. The highest BCUT2D eigenvalue weighted by Crippen LogP contribution is 2.25. The van der Waals surface area contributed by atoms with Crippen LogP contribution in [0.15, 0.2) is 36.5 Å². The Morgan fingerprint density at radius 1 is 1.31 bits per heavy atom. The molecule has 26 heavy (non-hydrogen) atoms. The van der Waals surface area contributed by atoms with Gasteiger partial charge in [-0.3, -0.25) is 15.0 Å². The van der Waals surface area contributed by atoms with Crippen molar-refractivity contribution in [1.82, 2.24) is 9.88 Å². The monoisotopic (exact) mass is 376 g/mol. The van der Waals surface area contributed by atoms with Gasteiger partial charge in [-0.2, -0.15) is 0 Å². The third-order valence-electron chi connectivity index (χ3n) is 4.55. The Kier molecular flexibility index (Phi) is 6.03. The molecule has 0 atom stereocenters. The van der Waals surface area contributed by atoms with Crippen LogP contribution in [0, 0.1) is 10.1 Å². The largest absolute Gasteiger partial charge is 0.393 e. The fourth-order valence-electron chi connectivity index (χ4n) is 3.04. The summed E-state index contributed by atoms with van der Waals surface area (Å²) in [6.07, 6.45) is 2.63. The second kappa shape index (κ2) is 8.44. The van der Waals surface area contributed by atoms with Gasteiger partial charge in [-0.25, -0.2) is 4.98 Å². The van der Waals surface area contributed by atoms with E-state index in [1.54, 1.807) is 0 Å². The first-order chi connectivity index (χ1) is 12.5. The van der Waals surface area contributed by atoms with Gasteiger partial charge in [-0.05, 0) is 24.0 Å². The SMILES string of the molecule is O=[N+]([O-])c1cnc(NCc2ccccc2CN2CCC(O)CC2)c(Cl)c1. The summed E-state index contributed by atoms with van der Waals surface area (Å²) < 4.78 is 0. The number of hydrogen-bond donors (Lipinski definition) is 2. The van der Waals surface area contributed by atoms with Crippen molar-refractivity contribution < 1.29 is 10.0 Å². The van der Waals surface area contributed by atoms with Crippen LogP contribution in [0.2, 0.25) is 5.02 Å². The molecule has 2 N–H and O–H groups in total. The third kappa shape index (κ3) is 4.69. The number of rotatable bonds is 6. The Bertz CT molecular complexity index is 779. The van der Waals surface area contributed by atoms with Crippen LogP contribution in [-0.2, 0) is 13.1 Å². The molecule has 0 saturated carbocycles. The highest BCUT2D eigenvalue weighted by atomic mass is 35.5. The van der Waals surface area contributed by atoms with E-state index >= 15 is 0 Å². The number of halogens is 1. The van der Waals surface area contributed by atoms with Crippen molar-refractivity contribution in [2.45, 2.75) is 32.0 Å². The molecular formula is C18H21ClN4O3. The summed E-state index contributed by atoms with van der Waals surface area (Å²) in [5.41, 5.74) is 2.19. The van der Waals surface area contributed by atoms with Crippen LogP contribution in [0.5, 0.6) is 0 Å². The maximum atomic E-state index is 10.8. The van der Waals surface area contributed by atoms with Gasteiger partial charge in [0.25, 0.3) is 5.69 Å². The highest BCUT2D eigenvalue weighted by molar-refractivity contribution is 6.33. The van der Waals surface area contributed by atoms with Crippen LogP contribution in [0.3, 0.4) is 0 Å². The molecule has 1 fully saturated rings. The van der Waals surface area contributed by atoms with Crippen molar-refractivity contribution in [3.8, 4) is 0 Å². The number of nitro groups is 1. The van der Waals surface area contributed by atoms with Crippen LogP contribution >= 0.6 is 11.6 Å². The number of nitrogens with one attached hydrogen (secondary N) is 1. The van der Waals surface area contributed by atoms with E-state index < -0.39 is 4.92 Å². The molecule has 1 aromatic heterocycles. The van der Waals surface area contributed by atoms with E-state index in [9.17, 15) is 15.2 Å². The molecule has 2 aromatic rings. The van der Waals surface area contributed by atoms with Gasteiger partial charge in [-0.1, -0.05) is 35.9 Å². The zero-order chi connectivity index (χ0) is 18.5. The summed E-state index contributed by atoms with van der Waals surface area (Å²) in [4.78, 5) is 16.6. The van der Waals surface area contributed by atoms with Gasteiger partial charge in [0, 0.05) is 32.2 Å². The Hall–Kier alpha value is -2.22. The normalized spacial score (nSPS) is 15.8. The summed E-state index contributed by atoms with van der Waals surface area (Å²) in [5, 5.41) is 23.8. The molecule has 0 spiro atoms. The lowest BCUT2D eigenvalue weighted by atomic mass is 10.0. The fourth-order valence-corrected chi connectivity index (χ4v) is 3.27. The molecule has 3 rings (SSSR count). The van der Waals surface area contributed by atoms with Gasteiger partial charge in [0.15, 0.2) is 0 Å². The molecule has 0 radical (unpaired) electrons. The quantitative estimate of drug-likeness (QED) is 0.594. The van der Waals surface area contributed by atoms with Crippen molar-refractivity contribution in [2.75, 3.05) is 18.4 Å². The molecule has 0 bridgehead atoms. The number of piperidine rings is 1. The molecule has 2 heterocycles. The van der Waals surface area contributed by atoms with E-state index in [2.05, 4.69) is 21.3 Å². The molecule has 0 unspecified atom stereocenters. The van der Waals surface area contributed by atoms with Gasteiger partial charge >= 0.3 is 0 Å². The van der Waals surface area contributed by atoms with E-state index in [-0.39, 0.29) is 16.8 Å². The summed E-state index contributed by atoms with van der Waals surface area (Å²) in [5.74, 6) is 0.424. The first kappa shape index (κ1) is 18.6. The van der Waals surface area contributed by atoms with Crippen LogP contribution in [0.25, 0.3) is 0 Å². The lowest BCUT2D eigenvalue weighted by molar-refractivity contribution is -0.385. The molecule has 7 nitrogen and oxygen atoms in total. The number of aliphatic hydroxyl groups excluding tert-OH is 1. The van der Waals surface area contributed by atoms with Crippen molar-refractivity contribution in [3.05, 3.63) is 62.8 Å². The van der Waals surface area contributed by atoms with E-state index in [4.69, 9.17) is 11.6 Å². The lowest BCUT2D eigenvalue weighted by Crippen LogP contribution is -2.35. The Labute approximate surface area is 156 Å². The second-order valence-electron chi connectivity index (χ2n) is 6.41. The first-order valence-electron chi connectivity index (χ1n) is 8.54. The van der Waals surface area contributed by atoms with Gasteiger partial charge < -0.3 is 10.4 Å². The molecular weight excluding hydrogens is 356 g/mol. The van der Waals surface area contributed by atoms with Crippen molar-refractivity contribution in [1.29, 1.82) is 0 Å². The predicted octanol–water partition coefficient (Wildman–Crippen LogP) is 3.21. The highest BCUT2D eigenvalue weighted by Gasteiger charge is 2.18. The Balaban J connectivity index is 1.66. The van der Waals surface area contributed by atoms with Crippen molar-refractivity contribution >= 4 is 23.1 Å². The van der Waals surface area contributed by atoms with Crippen LogP contribution < -0.4 is 5.32 Å². The van der Waals surface area contributed by atoms with E-state index in [0.717, 1.165) is 38.0 Å². The second-order valence-corrected chi connectivity index (χ2v) is 6.82. The average Bonchev–Trinajstić information content (AvgIpc) is 2.63. The number of pyridine rings is 1. The number of aromatic nitrogens is 1. The van der Waals surface area contributed by atoms with Crippen LogP contribution in [0.1, 0.15) is 24.0 Å². The molecule has 8 heteroatoms. The maximum Gasteiger partial charge on any atom is 0.289 e. The summed E-state index contributed by atoms with van der Waals surface area (Å²) in [7, 11) is 0. The van der Waals surface area contributed by atoms with Gasteiger partial charge in [0.05, 0.1) is 16.0 Å². The standard InChI is InChI=1S/C18H21ClN4O3/c19-17-9-15(23(25)26)11-21-18(17)20-10-13-3-1-2-4-14(13)12-22-7-5-16(24)6-8-22/h1-4,9,11,16,24H,5-8,10,12H2,(H,20,21). The first-order valence-corrected chi connectivity index (χ1v) is 8.91. The molecule has 138 valence electrons. The number of aliphatic hydroxyl groups is 1. The maximum absolute atomic E-state index is 10.8. The smallest absolute Gasteiger partial charge is 0.289 e. The van der Waals surface area contributed by atoms with Crippen molar-refractivity contribution in [2.24, 2.45) is 0 Å². The molecule has 1 aliphatic heterocycles. The molecule has 1 aliphatic rings. The van der Waals surface area contributed by atoms with E-state index in [1.165, 1.54) is 17.8 Å².